The van der Waals surface area contributed by atoms with Crippen molar-refractivity contribution >= 4 is 17.4 Å². The number of nitrogens with one attached hydrogen (secondary N) is 1. The Hall–Kier alpha value is -0.830. The van der Waals surface area contributed by atoms with Gasteiger partial charge in [0.1, 0.15) is 5.75 Å². The van der Waals surface area contributed by atoms with Crippen LogP contribution in [0.3, 0.4) is 0 Å². The molecule has 2 nitrogen and oxygen atoms in total. The number of anilines is 1. The Morgan fingerprint density at radius 1 is 1.40 bits per heavy atom. The minimum absolute atomic E-state index is 0.594. The summed E-state index contributed by atoms with van der Waals surface area (Å²) in [5.74, 6) is 2.20. The number of hydrogen-bond acceptors (Lipinski definition) is 3. The molecule has 1 spiro atoms. The zero-order chi connectivity index (χ0) is 10.3. The van der Waals surface area contributed by atoms with Gasteiger partial charge < -0.3 is 10.1 Å². The second kappa shape index (κ2) is 3.34. The maximum atomic E-state index is 5.24. The summed E-state index contributed by atoms with van der Waals surface area (Å²) < 4.78 is 5.24. The Balaban J connectivity index is 1.89. The third kappa shape index (κ3) is 1.69. The summed E-state index contributed by atoms with van der Waals surface area (Å²) in [4.78, 5) is 1.36. The molecule has 1 heterocycles. The van der Waals surface area contributed by atoms with E-state index in [0.29, 0.717) is 5.41 Å². The Kier molecular flexibility index (Phi) is 2.09. The molecule has 0 radical (unpaired) electrons. The molecule has 0 aromatic heterocycles. The van der Waals surface area contributed by atoms with Crippen molar-refractivity contribution in [2.24, 2.45) is 5.41 Å². The lowest BCUT2D eigenvalue weighted by molar-refractivity contribution is 0.414. The molecule has 1 saturated carbocycles. The predicted molar refractivity (Wildman–Crippen MR) is 63.9 cm³/mol. The van der Waals surface area contributed by atoms with Crippen LogP contribution in [0.1, 0.15) is 12.8 Å². The van der Waals surface area contributed by atoms with Crippen LogP contribution in [0.5, 0.6) is 5.75 Å². The third-order valence-corrected chi connectivity index (χ3v) is 4.76. The van der Waals surface area contributed by atoms with Crippen LogP contribution >= 0.6 is 11.8 Å². The molecular weight excluding hydrogens is 206 g/mol. The first-order valence-electron chi connectivity index (χ1n) is 5.36. The van der Waals surface area contributed by atoms with Gasteiger partial charge in [-0.15, -0.1) is 11.8 Å². The smallest absolute Gasteiger partial charge is 0.121 e. The number of thioether (sulfide) groups is 1. The van der Waals surface area contributed by atoms with Crippen LogP contribution in [-0.2, 0) is 0 Å². The van der Waals surface area contributed by atoms with E-state index in [4.69, 9.17) is 4.74 Å². The summed E-state index contributed by atoms with van der Waals surface area (Å²) in [6, 6.07) is 6.30. The Morgan fingerprint density at radius 3 is 3.00 bits per heavy atom. The highest BCUT2D eigenvalue weighted by Gasteiger charge is 2.43. The maximum absolute atomic E-state index is 5.24. The number of benzene rings is 1. The van der Waals surface area contributed by atoms with Gasteiger partial charge in [-0.25, -0.2) is 0 Å². The minimum atomic E-state index is 0.594. The van der Waals surface area contributed by atoms with E-state index < -0.39 is 0 Å². The van der Waals surface area contributed by atoms with Crippen molar-refractivity contribution in [1.82, 2.24) is 0 Å². The molecule has 2 aliphatic rings. The highest BCUT2D eigenvalue weighted by atomic mass is 32.2. The van der Waals surface area contributed by atoms with Gasteiger partial charge in [0.15, 0.2) is 0 Å². The summed E-state index contributed by atoms with van der Waals surface area (Å²) in [6.45, 7) is 1.13. The third-order valence-electron chi connectivity index (χ3n) is 3.33. The zero-order valence-corrected chi connectivity index (χ0v) is 9.69. The van der Waals surface area contributed by atoms with Gasteiger partial charge in [0, 0.05) is 23.3 Å². The van der Waals surface area contributed by atoms with Crippen molar-refractivity contribution < 1.29 is 4.74 Å². The molecule has 3 rings (SSSR count). The number of hydrogen-bond donors (Lipinski definition) is 1. The topological polar surface area (TPSA) is 21.3 Å². The number of fused-ring (bicyclic) bond motifs is 1. The molecule has 1 N–H and O–H groups in total. The van der Waals surface area contributed by atoms with Gasteiger partial charge in [0.25, 0.3) is 0 Å². The van der Waals surface area contributed by atoms with Crippen molar-refractivity contribution in [3.63, 3.8) is 0 Å². The molecule has 0 bridgehead atoms. The molecule has 0 unspecified atom stereocenters. The fraction of sp³-hybridized carbons (Fsp3) is 0.500. The van der Waals surface area contributed by atoms with Gasteiger partial charge >= 0.3 is 0 Å². The SMILES string of the molecule is COc1ccc2c(c1)NCC1(CC1)CS2. The Bertz CT molecular complexity index is 387. The van der Waals surface area contributed by atoms with Crippen LogP contribution in [0, 0.1) is 5.41 Å². The first kappa shape index (κ1) is 9.40. The maximum Gasteiger partial charge on any atom is 0.121 e. The lowest BCUT2D eigenvalue weighted by Gasteiger charge is -2.10. The number of methoxy groups -OCH3 is 1. The van der Waals surface area contributed by atoms with E-state index in [1.54, 1.807) is 7.11 Å². The molecular formula is C12H15NOS. The van der Waals surface area contributed by atoms with E-state index in [1.165, 1.54) is 29.2 Å². The summed E-state index contributed by atoms with van der Waals surface area (Å²) in [5, 5.41) is 3.55. The second-order valence-corrected chi connectivity index (χ2v) is 5.52. The van der Waals surface area contributed by atoms with Crippen LogP contribution < -0.4 is 10.1 Å². The second-order valence-electron chi connectivity index (χ2n) is 4.50. The predicted octanol–water partition coefficient (Wildman–Crippen LogP) is 2.99. The van der Waals surface area contributed by atoms with E-state index in [0.717, 1.165) is 12.3 Å². The van der Waals surface area contributed by atoms with E-state index >= 15 is 0 Å². The van der Waals surface area contributed by atoms with Gasteiger partial charge in [-0.3, -0.25) is 0 Å². The van der Waals surface area contributed by atoms with Gasteiger partial charge in [0.05, 0.1) is 12.8 Å². The standard InChI is InChI=1S/C12H15NOS/c1-14-9-2-3-11-10(6-9)13-7-12(4-5-12)8-15-11/h2-3,6,13H,4-5,7-8H2,1H3. The minimum Gasteiger partial charge on any atom is -0.497 e. The van der Waals surface area contributed by atoms with Crippen LogP contribution in [0.4, 0.5) is 5.69 Å². The summed E-state index contributed by atoms with van der Waals surface area (Å²) in [7, 11) is 1.72. The first-order valence-corrected chi connectivity index (χ1v) is 6.35. The number of ether oxygens (including phenoxy) is 1. The average Bonchev–Trinajstić information content (AvgIpc) is 3.07. The molecule has 1 aliphatic heterocycles. The quantitative estimate of drug-likeness (QED) is 0.787. The van der Waals surface area contributed by atoms with Gasteiger partial charge in [-0.1, -0.05) is 0 Å². The molecule has 1 aliphatic carbocycles. The average molecular weight is 221 g/mol. The van der Waals surface area contributed by atoms with Crippen molar-refractivity contribution in [1.29, 1.82) is 0 Å². The molecule has 15 heavy (non-hydrogen) atoms. The Labute approximate surface area is 94.4 Å². The highest BCUT2D eigenvalue weighted by Crippen LogP contribution is 2.52. The lowest BCUT2D eigenvalue weighted by atomic mass is 10.1. The summed E-state index contributed by atoms with van der Waals surface area (Å²) in [5.41, 5.74) is 1.83. The van der Waals surface area contributed by atoms with Gasteiger partial charge in [0.2, 0.25) is 0 Å². The molecule has 0 atom stereocenters. The molecule has 3 heteroatoms. The molecule has 0 amide bonds. The van der Waals surface area contributed by atoms with Crippen molar-refractivity contribution in [3.8, 4) is 5.75 Å². The van der Waals surface area contributed by atoms with E-state index in [9.17, 15) is 0 Å². The van der Waals surface area contributed by atoms with E-state index in [1.807, 2.05) is 17.8 Å². The van der Waals surface area contributed by atoms with Crippen molar-refractivity contribution in [3.05, 3.63) is 18.2 Å². The fourth-order valence-electron chi connectivity index (χ4n) is 1.96. The van der Waals surface area contributed by atoms with Crippen LogP contribution in [0.15, 0.2) is 23.1 Å². The zero-order valence-electron chi connectivity index (χ0n) is 8.88. The van der Waals surface area contributed by atoms with Crippen LogP contribution in [0.2, 0.25) is 0 Å². The summed E-state index contributed by atoms with van der Waals surface area (Å²) >= 11 is 1.98. The largest absolute Gasteiger partial charge is 0.497 e. The summed E-state index contributed by atoms with van der Waals surface area (Å²) in [6.07, 6.45) is 2.77. The Morgan fingerprint density at radius 2 is 2.27 bits per heavy atom. The van der Waals surface area contributed by atoms with Crippen molar-refractivity contribution in [2.45, 2.75) is 17.7 Å². The first-order chi connectivity index (χ1) is 7.31. The number of rotatable bonds is 1. The highest BCUT2D eigenvalue weighted by molar-refractivity contribution is 7.99. The van der Waals surface area contributed by atoms with E-state index in [2.05, 4.69) is 17.4 Å². The normalized spacial score (nSPS) is 21.4. The lowest BCUT2D eigenvalue weighted by Crippen LogP contribution is -2.15. The van der Waals surface area contributed by atoms with Crippen LogP contribution in [-0.4, -0.2) is 19.4 Å². The molecule has 0 saturated heterocycles. The fourth-order valence-corrected chi connectivity index (χ4v) is 3.27. The van der Waals surface area contributed by atoms with E-state index in [-0.39, 0.29) is 0 Å². The van der Waals surface area contributed by atoms with Crippen LogP contribution in [0.25, 0.3) is 0 Å². The van der Waals surface area contributed by atoms with Gasteiger partial charge in [-0.05, 0) is 30.4 Å². The molecule has 1 aromatic carbocycles. The van der Waals surface area contributed by atoms with Gasteiger partial charge in [-0.2, -0.15) is 0 Å². The van der Waals surface area contributed by atoms with Crippen molar-refractivity contribution in [2.75, 3.05) is 24.7 Å². The molecule has 1 aromatic rings. The molecule has 80 valence electrons. The molecule has 1 fully saturated rings. The monoisotopic (exact) mass is 221 g/mol.